The molecule has 0 spiro atoms. The standard InChI is InChI=1S/C25H21FN2O/c1-16(29)17-6-4-7-18(12-17)19-10-11-23-22(14-19)25(28(2)3)15-24(27-23)20-8-5-9-21(26)13-20/h4-15H,1-3H3. The molecule has 0 N–H and O–H groups in total. The van der Waals surface area contributed by atoms with Gasteiger partial charge < -0.3 is 4.90 Å². The summed E-state index contributed by atoms with van der Waals surface area (Å²) in [6.45, 7) is 1.57. The second-order valence-electron chi connectivity index (χ2n) is 7.30. The molecule has 0 aliphatic heterocycles. The number of hydrogen-bond donors (Lipinski definition) is 0. The summed E-state index contributed by atoms with van der Waals surface area (Å²) in [6, 6.07) is 22.1. The van der Waals surface area contributed by atoms with Crippen molar-refractivity contribution in [1.29, 1.82) is 0 Å². The van der Waals surface area contributed by atoms with E-state index in [4.69, 9.17) is 4.98 Å². The average Bonchev–Trinajstić information content (AvgIpc) is 2.72. The van der Waals surface area contributed by atoms with Gasteiger partial charge in [-0.3, -0.25) is 4.79 Å². The van der Waals surface area contributed by atoms with Crippen molar-refractivity contribution in [3.05, 3.63) is 84.2 Å². The topological polar surface area (TPSA) is 33.2 Å². The zero-order valence-electron chi connectivity index (χ0n) is 16.6. The highest BCUT2D eigenvalue weighted by Crippen LogP contribution is 2.33. The summed E-state index contributed by atoms with van der Waals surface area (Å²) in [5.74, 6) is -0.237. The second-order valence-corrected chi connectivity index (χ2v) is 7.30. The lowest BCUT2D eigenvalue weighted by atomic mass is 9.99. The predicted molar refractivity (Wildman–Crippen MR) is 117 cm³/mol. The summed E-state index contributed by atoms with van der Waals surface area (Å²) in [5.41, 5.74) is 6.00. The number of rotatable bonds is 4. The van der Waals surface area contributed by atoms with Gasteiger partial charge in [0.05, 0.1) is 11.2 Å². The number of fused-ring (bicyclic) bond motifs is 1. The fraction of sp³-hybridized carbons (Fsp3) is 0.120. The first-order valence-corrected chi connectivity index (χ1v) is 9.42. The van der Waals surface area contributed by atoms with Crippen molar-refractivity contribution < 1.29 is 9.18 Å². The molecule has 4 aromatic rings. The maximum Gasteiger partial charge on any atom is 0.159 e. The van der Waals surface area contributed by atoms with Crippen molar-refractivity contribution in [2.24, 2.45) is 0 Å². The summed E-state index contributed by atoms with van der Waals surface area (Å²) in [4.78, 5) is 18.5. The van der Waals surface area contributed by atoms with Gasteiger partial charge in [0.25, 0.3) is 0 Å². The molecule has 4 heteroatoms. The monoisotopic (exact) mass is 384 g/mol. The Morgan fingerprint density at radius 2 is 1.59 bits per heavy atom. The third-order valence-corrected chi connectivity index (χ3v) is 4.99. The van der Waals surface area contributed by atoms with Crippen LogP contribution in [0.15, 0.2) is 72.8 Å². The van der Waals surface area contributed by atoms with Crippen LogP contribution in [0.3, 0.4) is 0 Å². The first-order valence-electron chi connectivity index (χ1n) is 9.42. The number of ketones is 1. The van der Waals surface area contributed by atoms with Crippen LogP contribution < -0.4 is 4.90 Å². The van der Waals surface area contributed by atoms with Crippen LogP contribution in [-0.4, -0.2) is 24.9 Å². The van der Waals surface area contributed by atoms with Crippen molar-refractivity contribution in [3.63, 3.8) is 0 Å². The van der Waals surface area contributed by atoms with Crippen molar-refractivity contribution in [2.75, 3.05) is 19.0 Å². The molecule has 0 atom stereocenters. The van der Waals surface area contributed by atoms with Gasteiger partial charge in [-0.25, -0.2) is 9.37 Å². The summed E-state index contributed by atoms with van der Waals surface area (Å²) in [7, 11) is 3.96. The van der Waals surface area contributed by atoms with Gasteiger partial charge in [0.2, 0.25) is 0 Å². The van der Waals surface area contributed by atoms with E-state index in [0.717, 1.165) is 39.0 Å². The van der Waals surface area contributed by atoms with Gasteiger partial charge in [-0.1, -0.05) is 36.4 Å². The van der Waals surface area contributed by atoms with Gasteiger partial charge in [-0.05, 0) is 54.4 Å². The lowest BCUT2D eigenvalue weighted by Crippen LogP contribution is -2.10. The predicted octanol–water partition coefficient (Wildman–Crippen LogP) is 5.98. The third-order valence-electron chi connectivity index (χ3n) is 4.99. The fourth-order valence-electron chi connectivity index (χ4n) is 3.47. The maximum atomic E-state index is 13.7. The molecule has 29 heavy (non-hydrogen) atoms. The molecule has 3 aromatic carbocycles. The molecule has 0 unspecified atom stereocenters. The van der Waals surface area contributed by atoms with E-state index in [-0.39, 0.29) is 11.6 Å². The van der Waals surface area contributed by atoms with E-state index in [1.165, 1.54) is 12.1 Å². The largest absolute Gasteiger partial charge is 0.377 e. The minimum absolute atomic E-state index is 0.0445. The van der Waals surface area contributed by atoms with Gasteiger partial charge in [0, 0.05) is 36.3 Å². The number of anilines is 1. The number of nitrogens with zero attached hydrogens (tertiary/aromatic N) is 2. The van der Waals surface area contributed by atoms with Crippen molar-refractivity contribution in [2.45, 2.75) is 6.92 Å². The zero-order chi connectivity index (χ0) is 20.5. The van der Waals surface area contributed by atoms with Crippen LogP contribution in [0.1, 0.15) is 17.3 Å². The Hall–Kier alpha value is -3.53. The highest BCUT2D eigenvalue weighted by atomic mass is 19.1. The normalized spacial score (nSPS) is 10.9. The smallest absolute Gasteiger partial charge is 0.159 e. The average molecular weight is 384 g/mol. The molecule has 0 fully saturated rings. The Morgan fingerprint density at radius 3 is 2.31 bits per heavy atom. The third kappa shape index (κ3) is 3.74. The maximum absolute atomic E-state index is 13.7. The number of aromatic nitrogens is 1. The quantitative estimate of drug-likeness (QED) is 0.406. The molecule has 1 aromatic heterocycles. The number of Topliss-reactive ketones (excluding diaryl/α,β-unsaturated/α-hetero) is 1. The second kappa shape index (κ2) is 7.47. The van der Waals surface area contributed by atoms with Gasteiger partial charge in [-0.15, -0.1) is 0 Å². The minimum atomic E-state index is -0.281. The van der Waals surface area contributed by atoms with Crippen LogP contribution in [0.5, 0.6) is 0 Å². The number of pyridine rings is 1. The number of halogens is 1. The molecule has 1 heterocycles. The van der Waals surface area contributed by atoms with E-state index in [2.05, 4.69) is 6.07 Å². The van der Waals surface area contributed by atoms with Crippen LogP contribution in [0, 0.1) is 5.82 Å². The zero-order valence-corrected chi connectivity index (χ0v) is 16.6. The number of benzene rings is 3. The Bertz CT molecular complexity index is 1230. The van der Waals surface area contributed by atoms with E-state index < -0.39 is 0 Å². The van der Waals surface area contributed by atoms with E-state index in [1.807, 2.05) is 67.5 Å². The van der Waals surface area contributed by atoms with Crippen LogP contribution in [0.25, 0.3) is 33.3 Å². The number of hydrogen-bond acceptors (Lipinski definition) is 3. The van der Waals surface area contributed by atoms with Crippen LogP contribution >= 0.6 is 0 Å². The highest BCUT2D eigenvalue weighted by molar-refractivity contribution is 5.98. The van der Waals surface area contributed by atoms with Crippen LogP contribution in [-0.2, 0) is 0 Å². The van der Waals surface area contributed by atoms with E-state index in [9.17, 15) is 9.18 Å². The van der Waals surface area contributed by atoms with Crippen LogP contribution in [0.4, 0.5) is 10.1 Å². The molecule has 0 amide bonds. The Kier molecular flexibility index (Phi) is 4.85. The summed E-state index contributed by atoms with van der Waals surface area (Å²) < 4.78 is 13.7. The number of carbonyl (C=O) groups excluding carboxylic acids is 1. The van der Waals surface area contributed by atoms with E-state index in [1.54, 1.807) is 13.0 Å². The van der Waals surface area contributed by atoms with Crippen LogP contribution in [0.2, 0.25) is 0 Å². The molecule has 0 radical (unpaired) electrons. The highest BCUT2D eigenvalue weighted by Gasteiger charge is 2.12. The van der Waals surface area contributed by atoms with Crippen molar-refractivity contribution >= 4 is 22.4 Å². The first-order chi connectivity index (χ1) is 13.9. The van der Waals surface area contributed by atoms with Gasteiger partial charge in [0.15, 0.2) is 5.78 Å². The molecule has 4 rings (SSSR count). The van der Waals surface area contributed by atoms with E-state index >= 15 is 0 Å². The van der Waals surface area contributed by atoms with Gasteiger partial charge >= 0.3 is 0 Å². The molecule has 0 saturated carbocycles. The molecule has 0 aliphatic rings. The molecular formula is C25H21FN2O. The molecule has 0 saturated heterocycles. The minimum Gasteiger partial charge on any atom is -0.377 e. The fourth-order valence-corrected chi connectivity index (χ4v) is 3.47. The van der Waals surface area contributed by atoms with E-state index in [0.29, 0.717) is 5.56 Å². The summed E-state index contributed by atoms with van der Waals surface area (Å²) in [5, 5.41) is 1.00. The van der Waals surface area contributed by atoms with Crippen molar-refractivity contribution in [1.82, 2.24) is 4.98 Å². The lowest BCUT2D eigenvalue weighted by Gasteiger charge is -2.18. The Labute approximate surface area is 169 Å². The molecular weight excluding hydrogens is 363 g/mol. The molecule has 0 aliphatic carbocycles. The Morgan fingerprint density at radius 1 is 0.862 bits per heavy atom. The SMILES string of the molecule is CC(=O)c1cccc(-c2ccc3nc(-c4cccc(F)c4)cc(N(C)C)c3c2)c1. The number of carbonyl (C=O) groups is 1. The van der Waals surface area contributed by atoms with Gasteiger partial charge in [0.1, 0.15) is 5.82 Å². The first kappa shape index (κ1) is 18.8. The van der Waals surface area contributed by atoms with Gasteiger partial charge in [-0.2, -0.15) is 0 Å². The van der Waals surface area contributed by atoms with Crippen molar-refractivity contribution in [3.8, 4) is 22.4 Å². The molecule has 144 valence electrons. The summed E-state index contributed by atoms with van der Waals surface area (Å²) >= 11 is 0. The molecule has 3 nitrogen and oxygen atoms in total. The lowest BCUT2D eigenvalue weighted by molar-refractivity contribution is 0.101. The molecule has 0 bridgehead atoms. The summed E-state index contributed by atoms with van der Waals surface area (Å²) in [6.07, 6.45) is 0. The Balaban J connectivity index is 1.89.